The van der Waals surface area contributed by atoms with Gasteiger partial charge in [-0.3, -0.25) is 4.79 Å². The van der Waals surface area contributed by atoms with E-state index in [1.807, 2.05) is 38.1 Å². The molecule has 0 bridgehead atoms. The highest BCUT2D eigenvalue weighted by molar-refractivity contribution is 9.10. The zero-order chi connectivity index (χ0) is 18.6. The summed E-state index contributed by atoms with van der Waals surface area (Å²) in [5.41, 5.74) is 0.995. The van der Waals surface area contributed by atoms with Crippen LogP contribution in [0.2, 0.25) is 0 Å². The molecule has 0 N–H and O–H groups in total. The lowest BCUT2D eigenvalue weighted by Gasteiger charge is -2.37. The number of benzene rings is 1. The Kier molecular flexibility index (Phi) is 3.91. The van der Waals surface area contributed by atoms with Crippen LogP contribution in [-0.2, 0) is 4.79 Å². The average Bonchev–Trinajstić information content (AvgIpc) is 2.52. The Bertz CT molecular complexity index is 1000. The molecule has 2 aromatic rings. The maximum absolute atomic E-state index is 13.0. The first-order valence-electron chi connectivity index (χ1n) is 8.46. The SMILES string of the molecule is Cc1nc2c(c(=O)o1)[C@@H](c1ccc(Br)cc1)C1=C(CC(C)(C)CC1=O)O2. The summed E-state index contributed by atoms with van der Waals surface area (Å²) in [6, 6.07) is 7.60. The second-order valence-electron chi connectivity index (χ2n) is 7.60. The molecule has 0 saturated heterocycles. The van der Waals surface area contributed by atoms with E-state index in [1.54, 1.807) is 6.92 Å². The molecule has 1 aromatic carbocycles. The van der Waals surface area contributed by atoms with Crippen molar-refractivity contribution in [2.75, 3.05) is 0 Å². The quantitative estimate of drug-likeness (QED) is 0.695. The molecule has 134 valence electrons. The molecule has 26 heavy (non-hydrogen) atoms. The molecule has 2 aliphatic rings. The Labute approximate surface area is 159 Å². The minimum absolute atomic E-state index is 0.00907. The van der Waals surface area contributed by atoms with Gasteiger partial charge in [0, 0.05) is 29.8 Å². The van der Waals surface area contributed by atoms with Gasteiger partial charge in [-0.2, -0.15) is 4.98 Å². The highest BCUT2D eigenvalue weighted by Crippen LogP contribution is 2.48. The van der Waals surface area contributed by atoms with Crippen molar-refractivity contribution in [1.82, 2.24) is 4.98 Å². The van der Waals surface area contributed by atoms with Gasteiger partial charge in [-0.25, -0.2) is 4.79 Å². The van der Waals surface area contributed by atoms with Crippen molar-refractivity contribution in [1.29, 1.82) is 0 Å². The highest BCUT2D eigenvalue weighted by Gasteiger charge is 2.44. The zero-order valence-electron chi connectivity index (χ0n) is 14.8. The Morgan fingerprint density at radius 3 is 2.54 bits per heavy atom. The number of allylic oxidation sites excluding steroid dienone is 2. The fourth-order valence-corrected chi connectivity index (χ4v) is 4.03. The van der Waals surface area contributed by atoms with Crippen LogP contribution in [0.1, 0.15) is 49.6 Å². The van der Waals surface area contributed by atoms with Gasteiger partial charge in [-0.05, 0) is 23.1 Å². The van der Waals surface area contributed by atoms with Gasteiger partial charge in [-0.1, -0.05) is 41.9 Å². The van der Waals surface area contributed by atoms with Crippen LogP contribution in [0.4, 0.5) is 0 Å². The number of ether oxygens (including phenoxy) is 1. The molecule has 0 spiro atoms. The lowest BCUT2D eigenvalue weighted by Crippen LogP contribution is -2.35. The number of nitrogens with zero attached hydrogens (tertiary/aromatic N) is 1. The first kappa shape index (κ1) is 17.2. The predicted molar refractivity (Wildman–Crippen MR) is 99.2 cm³/mol. The lowest BCUT2D eigenvalue weighted by molar-refractivity contribution is -0.118. The van der Waals surface area contributed by atoms with Crippen LogP contribution in [-0.4, -0.2) is 10.8 Å². The van der Waals surface area contributed by atoms with Crippen molar-refractivity contribution in [2.45, 2.75) is 39.5 Å². The third-order valence-corrected chi connectivity index (χ3v) is 5.36. The van der Waals surface area contributed by atoms with Gasteiger partial charge in [0.15, 0.2) is 11.7 Å². The van der Waals surface area contributed by atoms with E-state index in [4.69, 9.17) is 9.15 Å². The first-order valence-corrected chi connectivity index (χ1v) is 9.26. The van der Waals surface area contributed by atoms with Crippen molar-refractivity contribution in [3.05, 3.63) is 67.5 Å². The molecule has 1 aliphatic heterocycles. The molecule has 1 aromatic heterocycles. The van der Waals surface area contributed by atoms with Crippen LogP contribution in [0.5, 0.6) is 5.88 Å². The van der Waals surface area contributed by atoms with Gasteiger partial charge < -0.3 is 9.15 Å². The molecular formula is C20H18BrNO4. The number of carbonyl (C=O) groups excluding carboxylic acids is 1. The number of aromatic nitrogens is 1. The van der Waals surface area contributed by atoms with Crippen LogP contribution in [0.15, 0.2) is 49.3 Å². The van der Waals surface area contributed by atoms with Gasteiger partial charge in [0.2, 0.25) is 5.88 Å². The summed E-state index contributed by atoms with van der Waals surface area (Å²) < 4.78 is 12.1. The van der Waals surface area contributed by atoms with Crippen molar-refractivity contribution >= 4 is 21.7 Å². The molecule has 1 aliphatic carbocycles. The molecule has 0 radical (unpaired) electrons. The molecule has 1 atom stereocenters. The van der Waals surface area contributed by atoms with Crippen LogP contribution >= 0.6 is 15.9 Å². The zero-order valence-corrected chi connectivity index (χ0v) is 16.3. The number of rotatable bonds is 1. The maximum Gasteiger partial charge on any atom is 0.346 e. The number of hydrogen-bond acceptors (Lipinski definition) is 5. The normalized spacial score (nSPS) is 21.1. The Morgan fingerprint density at radius 2 is 1.85 bits per heavy atom. The molecule has 4 rings (SSSR count). The van der Waals surface area contributed by atoms with Crippen molar-refractivity contribution in [3.8, 4) is 5.88 Å². The van der Waals surface area contributed by atoms with Crippen molar-refractivity contribution < 1.29 is 13.9 Å². The maximum atomic E-state index is 13.0. The van der Waals surface area contributed by atoms with Gasteiger partial charge in [0.25, 0.3) is 0 Å². The van der Waals surface area contributed by atoms with Crippen LogP contribution in [0.3, 0.4) is 0 Å². The number of ketones is 1. The van der Waals surface area contributed by atoms with E-state index in [9.17, 15) is 9.59 Å². The first-order chi connectivity index (χ1) is 12.2. The molecular weight excluding hydrogens is 398 g/mol. The summed E-state index contributed by atoms with van der Waals surface area (Å²) in [7, 11) is 0. The summed E-state index contributed by atoms with van der Waals surface area (Å²) in [4.78, 5) is 29.9. The second-order valence-corrected chi connectivity index (χ2v) is 8.52. The third kappa shape index (κ3) is 2.82. The number of carbonyl (C=O) groups is 1. The average molecular weight is 416 g/mol. The number of halogens is 1. The largest absolute Gasteiger partial charge is 0.442 e. The Balaban J connectivity index is 1.99. The van der Waals surface area contributed by atoms with Crippen molar-refractivity contribution in [2.24, 2.45) is 5.41 Å². The van der Waals surface area contributed by atoms with Crippen molar-refractivity contribution in [3.63, 3.8) is 0 Å². The third-order valence-electron chi connectivity index (χ3n) is 4.83. The van der Waals surface area contributed by atoms with Gasteiger partial charge in [-0.15, -0.1) is 0 Å². The van der Waals surface area contributed by atoms with Gasteiger partial charge in [0.1, 0.15) is 11.3 Å². The van der Waals surface area contributed by atoms with Crippen LogP contribution in [0, 0.1) is 12.3 Å². The highest BCUT2D eigenvalue weighted by atomic mass is 79.9. The molecule has 2 heterocycles. The molecule has 0 unspecified atom stereocenters. The summed E-state index contributed by atoms with van der Waals surface area (Å²) >= 11 is 3.42. The molecule has 5 nitrogen and oxygen atoms in total. The van der Waals surface area contributed by atoms with Crippen LogP contribution in [0.25, 0.3) is 0 Å². The number of fused-ring (bicyclic) bond motifs is 1. The smallest absolute Gasteiger partial charge is 0.346 e. The molecule has 0 fully saturated rings. The van der Waals surface area contributed by atoms with E-state index < -0.39 is 11.5 Å². The molecule has 0 amide bonds. The second kappa shape index (κ2) is 5.91. The molecule has 0 saturated carbocycles. The predicted octanol–water partition coefficient (Wildman–Crippen LogP) is 4.27. The standard InChI is InChI=1S/C20H18BrNO4/c1-10-22-18-17(19(24)25-10)15(11-4-6-12(21)7-5-11)16-13(23)8-20(2,3)9-14(16)26-18/h4-7,15H,8-9H2,1-3H3/t15-/m0/s1. The lowest BCUT2D eigenvalue weighted by atomic mass is 9.70. The Morgan fingerprint density at radius 1 is 1.15 bits per heavy atom. The minimum Gasteiger partial charge on any atom is -0.442 e. The monoisotopic (exact) mass is 415 g/mol. The Hall–Kier alpha value is -2.21. The minimum atomic E-state index is -0.519. The topological polar surface area (TPSA) is 69.4 Å². The fraction of sp³-hybridized carbons (Fsp3) is 0.350. The number of Topliss-reactive ketones (excluding diaryl/α,β-unsaturated/α-hetero) is 1. The number of hydrogen-bond donors (Lipinski definition) is 0. The molecule has 6 heteroatoms. The van der Waals surface area contributed by atoms with E-state index >= 15 is 0 Å². The van der Waals surface area contributed by atoms with E-state index in [-0.39, 0.29) is 23.0 Å². The van der Waals surface area contributed by atoms with E-state index in [1.165, 1.54) is 0 Å². The fourth-order valence-electron chi connectivity index (χ4n) is 3.76. The van der Waals surface area contributed by atoms with E-state index in [0.717, 1.165) is 10.0 Å². The van der Waals surface area contributed by atoms with Crippen LogP contribution < -0.4 is 10.4 Å². The van der Waals surface area contributed by atoms with Gasteiger partial charge >= 0.3 is 5.63 Å². The van der Waals surface area contributed by atoms with E-state index in [0.29, 0.717) is 29.7 Å². The summed E-state index contributed by atoms with van der Waals surface area (Å²) in [6.45, 7) is 5.69. The summed E-state index contributed by atoms with van der Waals surface area (Å²) in [6.07, 6.45) is 1.05. The summed E-state index contributed by atoms with van der Waals surface area (Å²) in [5, 5.41) is 0. The summed E-state index contributed by atoms with van der Waals surface area (Å²) in [5.74, 6) is 0.596. The number of aryl methyl sites for hydroxylation is 1. The van der Waals surface area contributed by atoms with Gasteiger partial charge in [0.05, 0.1) is 5.92 Å². The van der Waals surface area contributed by atoms with E-state index in [2.05, 4.69) is 20.9 Å².